The van der Waals surface area contributed by atoms with Crippen molar-refractivity contribution in [3.8, 4) is 0 Å². The van der Waals surface area contributed by atoms with E-state index in [4.69, 9.17) is 33.4 Å². The summed E-state index contributed by atoms with van der Waals surface area (Å²) >= 11 is 0. The summed E-state index contributed by atoms with van der Waals surface area (Å²) in [5, 5.41) is 20.2. The number of nitrogens with zero attached hydrogens (tertiary/aromatic N) is 1. The molecule has 0 fully saturated rings. The number of ether oxygens (including phenoxy) is 4. The quantitative estimate of drug-likeness (QED) is 0.0688. The second-order valence-corrected chi connectivity index (χ2v) is 9.52. The van der Waals surface area contributed by atoms with Gasteiger partial charge in [-0.3, -0.25) is 19.5 Å². The molecule has 0 heterocycles. The van der Waals surface area contributed by atoms with Crippen LogP contribution in [-0.2, 0) is 37.4 Å². The molecule has 0 aromatic heterocycles. The average Bonchev–Trinajstić information content (AvgIpc) is 2.84. The molecule has 3 unspecified atom stereocenters. The van der Waals surface area contributed by atoms with Gasteiger partial charge in [-0.2, -0.15) is 0 Å². The van der Waals surface area contributed by atoms with Crippen molar-refractivity contribution in [1.82, 2.24) is 9.99 Å². The van der Waals surface area contributed by atoms with E-state index in [0.717, 1.165) is 11.3 Å². The first-order valence-corrected chi connectivity index (χ1v) is 14.0. The third-order valence-corrected chi connectivity index (χ3v) is 6.17. The van der Waals surface area contributed by atoms with Crippen LogP contribution in [0.4, 0.5) is 9.59 Å². The Labute approximate surface area is 218 Å². The molecule has 3 N–H and O–H groups in total. The molecule has 0 radical (unpaired) electrons. The Morgan fingerprint density at radius 3 is 1.70 bits per heavy atom. The fourth-order valence-electron chi connectivity index (χ4n) is 2.64. The molecule has 0 aromatic rings. The monoisotopic (exact) mass is 555 g/mol. The first-order valence-electron chi connectivity index (χ1n) is 12.4. The van der Waals surface area contributed by atoms with E-state index >= 15 is 0 Å². The van der Waals surface area contributed by atoms with Gasteiger partial charge in [0.15, 0.2) is 0 Å². The van der Waals surface area contributed by atoms with Gasteiger partial charge in [-0.05, 0) is 19.3 Å². The number of nitrogens with one attached hydrogen (secondary N) is 2. The maximum atomic E-state index is 13.7. The zero-order valence-corrected chi connectivity index (χ0v) is 23.4. The minimum Gasteiger partial charge on any atom is -0.480 e. The Morgan fingerprint density at radius 2 is 1.35 bits per heavy atom. The molecule has 0 spiro atoms. The van der Waals surface area contributed by atoms with Crippen LogP contribution in [0.1, 0.15) is 79.6 Å². The molecule has 0 saturated carbocycles. The van der Waals surface area contributed by atoms with Gasteiger partial charge in [0.1, 0.15) is 6.04 Å². The van der Waals surface area contributed by atoms with Crippen LogP contribution in [0, 0.1) is 5.41 Å². The summed E-state index contributed by atoms with van der Waals surface area (Å²) in [7, 11) is -3.28. The molecule has 3 atom stereocenters. The van der Waals surface area contributed by atoms with Crippen LogP contribution in [0.2, 0.25) is 0 Å². The van der Waals surface area contributed by atoms with Gasteiger partial charge in [-0.1, -0.05) is 47.5 Å². The second kappa shape index (κ2) is 18.6. The number of unbranched alkanes of at least 4 members (excludes halogenated alkanes) is 1. The molecule has 216 valence electrons. The second-order valence-electron chi connectivity index (χ2n) is 7.88. The van der Waals surface area contributed by atoms with Gasteiger partial charge in [-0.25, -0.2) is 18.9 Å². The third-order valence-electron chi connectivity index (χ3n) is 4.66. The fraction of sp³-hybridized carbons (Fsp3) is 0.818. The van der Waals surface area contributed by atoms with Gasteiger partial charge < -0.3 is 29.0 Å². The van der Waals surface area contributed by atoms with Gasteiger partial charge in [-0.15, -0.1) is 0 Å². The van der Waals surface area contributed by atoms with E-state index in [1.165, 1.54) is 7.05 Å². The molecule has 15 heteroatoms. The molecule has 0 rings (SSSR count). The molecule has 37 heavy (non-hydrogen) atoms. The van der Waals surface area contributed by atoms with Crippen LogP contribution < -0.4 is 5.09 Å². The number of carbonyl (C=O) groups is 3. The highest BCUT2D eigenvalue weighted by atomic mass is 31.2. The van der Waals surface area contributed by atoms with Crippen molar-refractivity contribution >= 4 is 32.0 Å². The summed E-state index contributed by atoms with van der Waals surface area (Å²) in [6.07, 6.45) is -2.32. The lowest BCUT2D eigenvalue weighted by molar-refractivity contribution is -0.141. The molecule has 14 nitrogen and oxygen atoms in total. The van der Waals surface area contributed by atoms with Crippen molar-refractivity contribution in [2.24, 2.45) is 0 Å². The molecule has 0 amide bonds. The van der Waals surface area contributed by atoms with Gasteiger partial charge in [0.05, 0.1) is 13.2 Å². The van der Waals surface area contributed by atoms with Crippen molar-refractivity contribution < 1.29 is 52.1 Å². The first kappa shape index (κ1) is 34.4. The highest BCUT2D eigenvalue weighted by Crippen LogP contribution is 2.47. The Kier molecular flexibility index (Phi) is 17.3. The Bertz CT molecular complexity index is 732. The lowest BCUT2D eigenvalue weighted by atomic mass is 10.1. The number of rotatable bonds is 18. The smallest absolute Gasteiger partial charge is 0.480 e. The normalized spacial score (nSPS) is 14.9. The Hall–Kier alpha value is -2.57. The summed E-state index contributed by atoms with van der Waals surface area (Å²) in [6, 6.07) is -1.10. The zero-order valence-electron chi connectivity index (χ0n) is 22.5. The lowest BCUT2D eigenvalue weighted by Crippen LogP contribution is -2.47. The molecule has 0 bridgehead atoms. The molecule has 0 aliphatic carbocycles. The van der Waals surface area contributed by atoms with Crippen molar-refractivity contribution in [1.29, 1.82) is 5.41 Å². The van der Waals surface area contributed by atoms with Crippen molar-refractivity contribution in [2.75, 3.05) is 20.3 Å². The van der Waals surface area contributed by atoms with Crippen molar-refractivity contribution in [2.45, 2.75) is 98.2 Å². The van der Waals surface area contributed by atoms with Crippen LogP contribution in [0.25, 0.3) is 0 Å². The van der Waals surface area contributed by atoms with Gasteiger partial charge in [0.25, 0.3) is 0 Å². The minimum absolute atomic E-state index is 0.0177. The van der Waals surface area contributed by atoms with E-state index in [-0.39, 0.29) is 32.5 Å². The molecular formula is C22H42N3O11P. The average molecular weight is 556 g/mol. The summed E-state index contributed by atoms with van der Waals surface area (Å²) in [5.41, 5.74) is 0. The molecule has 0 aromatic carbocycles. The van der Waals surface area contributed by atoms with Gasteiger partial charge in [0.2, 0.25) is 18.5 Å². The van der Waals surface area contributed by atoms with Gasteiger partial charge in [0, 0.05) is 19.9 Å². The summed E-state index contributed by atoms with van der Waals surface area (Å²) in [4.78, 5) is 36.6. The minimum atomic E-state index is -4.61. The number of hydrogen-bond donors (Lipinski definition) is 3. The number of likely N-dealkylation sites (N-methyl/N-ethyl adjacent to an activating group) is 1. The Balaban J connectivity index is 5.83. The summed E-state index contributed by atoms with van der Waals surface area (Å²) in [6.45, 7) is 8.80. The number of carboxylic acids is 1. The van der Waals surface area contributed by atoms with E-state index < -0.39 is 50.6 Å². The van der Waals surface area contributed by atoms with Crippen LogP contribution in [0.5, 0.6) is 0 Å². The van der Waals surface area contributed by atoms with E-state index in [9.17, 15) is 24.1 Å². The lowest BCUT2D eigenvalue weighted by Gasteiger charge is -2.31. The number of guanidine groups is 1. The van der Waals surface area contributed by atoms with E-state index in [1.807, 2.05) is 6.92 Å². The SMILES string of the molecule is CCCCC(C(=O)O)N(C)C(=N)NP(=O)(OC(CC)OC(=O)OCCC)OC(CC)OC(=O)OCCC. The van der Waals surface area contributed by atoms with E-state index in [1.54, 1.807) is 27.7 Å². The number of carboxylic acid groups (broad SMARTS) is 1. The molecule has 0 saturated heterocycles. The molecule has 0 aliphatic rings. The van der Waals surface area contributed by atoms with Crippen molar-refractivity contribution in [3.05, 3.63) is 0 Å². The first-order chi connectivity index (χ1) is 17.5. The highest BCUT2D eigenvalue weighted by Gasteiger charge is 2.38. The predicted octanol–water partition coefficient (Wildman–Crippen LogP) is 4.83. The van der Waals surface area contributed by atoms with Gasteiger partial charge >= 0.3 is 26.0 Å². The largest absolute Gasteiger partial charge is 0.510 e. The van der Waals surface area contributed by atoms with Crippen LogP contribution >= 0.6 is 7.75 Å². The zero-order chi connectivity index (χ0) is 28.4. The van der Waals surface area contributed by atoms with Crippen LogP contribution in [-0.4, -0.2) is 73.1 Å². The topological polar surface area (TPSA) is 183 Å². The maximum Gasteiger partial charge on any atom is 0.510 e. The Morgan fingerprint density at radius 1 is 0.892 bits per heavy atom. The summed E-state index contributed by atoms with van der Waals surface area (Å²) in [5.74, 6) is -1.78. The number of aliphatic carboxylic acids is 1. The number of carbonyl (C=O) groups excluding carboxylic acids is 2. The van der Waals surface area contributed by atoms with Crippen LogP contribution in [0.3, 0.4) is 0 Å². The van der Waals surface area contributed by atoms with E-state index in [0.29, 0.717) is 19.3 Å². The fourth-order valence-corrected chi connectivity index (χ4v) is 4.22. The third kappa shape index (κ3) is 14.1. The molecule has 0 aliphatic heterocycles. The maximum absolute atomic E-state index is 13.7. The van der Waals surface area contributed by atoms with Crippen LogP contribution in [0.15, 0.2) is 0 Å². The summed E-state index contributed by atoms with van der Waals surface area (Å²) < 4.78 is 44.4. The standard InChI is InChI=1S/C22H42N3O11P/c1-7-12-13-16(19(26)27)25(6)20(23)24-37(30,35-17(10-4)33-21(28)31-14-8-2)36-18(11-5)34-22(29)32-15-9-3/h16-18H,7-15H2,1-6H3,(H,26,27)(H2,23,24,30). The molecular weight excluding hydrogens is 513 g/mol. The van der Waals surface area contributed by atoms with Crippen molar-refractivity contribution in [3.63, 3.8) is 0 Å². The predicted molar refractivity (Wildman–Crippen MR) is 133 cm³/mol. The van der Waals surface area contributed by atoms with E-state index in [2.05, 4.69) is 5.09 Å². The highest BCUT2D eigenvalue weighted by molar-refractivity contribution is 7.52. The number of hydrogen-bond acceptors (Lipinski definition) is 11.